The number of aromatic nitrogens is 1. The Bertz CT molecular complexity index is 838. The number of fused-ring (bicyclic) bond motifs is 1. The van der Waals surface area contributed by atoms with Crippen LogP contribution >= 0.6 is 0 Å². The lowest BCUT2D eigenvalue weighted by Gasteiger charge is -2.32. The predicted octanol–water partition coefficient (Wildman–Crippen LogP) is 4.32. The number of carbonyl (C=O) groups excluding carboxylic acids is 1. The molecule has 1 aromatic carbocycles. The van der Waals surface area contributed by atoms with Crippen molar-refractivity contribution in [1.82, 2.24) is 9.88 Å². The van der Waals surface area contributed by atoms with E-state index >= 15 is 0 Å². The van der Waals surface area contributed by atoms with Crippen molar-refractivity contribution in [2.75, 3.05) is 24.5 Å². The molecule has 1 saturated heterocycles. The van der Waals surface area contributed by atoms with Gasteiger partial charge in [0.25, 0.3) is 0 Å². The van der Waals surface area contributed by atoms with Crippen LogP contribution in [0, 0.1) is 12.8 Å². The van der Waals surface area contributed by atoms with E-state index in [1.165, 1.54) is 5.56 Å². The highest BCUT2D eigenvalue weighted by Crippen LogP contribution is 2.40. The average molecular weight is 378 g/mol. The summed E-state index contributed by atoms with van der Waals surface area (Å²) in [6.07, 6.45) is 2.87. The summed E-state index contributed by atoms with van der Waals surface area (Å²) in [7, 11) is 0. The minimum Gasteiger partial charge on any atom is -0.310 e. The highest BCUT2D eigenvalue weighted by molar-refractivity contribution is 5.96. The van der Waals surface area contributed by atoms with Crippen LogP contribution in [0.15, 0.2) is 42.5 Å². The molecule has 2 aliphatic rings. The second-order valence-corrected chi connectivity index (χ2v) is 9.09. The van der Waals surface area contributed by atoms with Crippen LogP contribution in [0.1, 0.15) is 50.1 Å². The molecule has 148 valence electrons. The van der Waals surface area contributed by atoms with Crippen molar-refractivity contribution >= 4 is 11.6 Å². The maximum Gasteiger partial charge on any atom is 0.227 e. The van der Waals surface area contributed by atoms with Crippen LogP contribution in [0.4, 0.5) is 5.69 Å². The third-order valence-electron chi connectivity index (χ3n) is 6.22. The highest BCUT2D eigenvalue weighted by atomic mass is 16.2. The Morgan fingerprint density at radius 3 is 2.54 bits per heavy atom. The second kappa shape index (κ2) is 7.67. The van der Waals surface area contributed by atoms with Crippen molar-refractivity contribution < 1.29 is 4.79 Å². The van der Waals surface area contributed by atoms with Crippen molar-refractivity contribution in [3.05, 3.63) is 59.4 Å². The summed E-state index contributed by atoms with van der Waals surface area (Å²) in [5.41, 5.74) is 4.40. The van der Waals surface area contributed by atoms with E-state index in [4.69, 9.17) is 4.98 Å². The number of benzene rings is 1. The van der Waals surface area contributed by atoms with Gasteiger partial charge in [0.1, 0.15) is 0 Å². The molecule has 0 N–H and O–H groups in total. The molecule has 2 aromatic rings. The number of piperidine rings is 1. The van der Waals surface area contributed by atoms with Crippen molar-refractivity contribution in [2.24, 2.45) is 5.92 Å². The van der Waals surface area contributed by atoms with E-state index in [0.29, 0.717) is 12.3 Å². The van der Waals surface area contributed by atoms with Gasteiger partial charge in [-0.05, 0) is 56.5 Å². The number of rotatable bonds is 4. The Labute approximate surface area is 168 Å². The molecular formula is C24H31N3O. The predicted molar refractivity (Wildman–Crippen MR) is 113 cm³/mol. The summed E-state index contributed by atoms with van der Waals surface area (Å²) in [5, 5.41) is 0. The summed E-state index contributed by atoms with van der Waals surface area (Å²) in [6.45, 7) is 10.3. The van der Waals surface area contributed by atoms with E-state index < -0.39 is 0 Å². The molecule has 0 unspecified atom stereocenters. The molecule has 0 atom stereocenters. The van der Waals surface area contributed by atoms with Gasteiger partial charge in [-0.15, -0.1) is 0 Å². The molecule has 2 aliphatic heterocycles. The molecule has 1 fully saturated rings. The monoisotopic (exact) mass is 377 g/mol. The zero-order valence-electron chi connectivity index (χ0n) is 17.3. The largest absolute Gasteiger partial charge is 0.310 e. The first-order valence-electron chi connectivity index (χ1n) is 10.5. The molecule has 4 nitrogen and oxygen atoms in total. The first kappa shape index (κ1) is 19.1. The maximum atomic E-state index is 13.1. The number of hydrogen-bond acceptors (Lipinski definition) is 3. The van der Waals surface area contributed by atoms with E-state index in [2.05, 4.69) is 55.1 Å². The fraction of sp³-hybridized carbons (Fsp3) is 0.500. The first-order valence-corrected chi connectivity index (χ1v) is 10.5. The highest BCUT2D eigenvalue weighted by Gasteiger charge is 2.39. The standard InChI is InChI=1S/C24H31N3O/c1-18-9-10-21-23(25-18)24(2,3)17-27(21)22(28)15-19-11-13-26(14-12-19)16-20-7-5-4-6-8-20/h4-10,19H,11-17H2,1-3H3. The zero-order valence-corrected chi connectivity index (χ0v) is 17.3. The normalized spacial score (nSPS) is 19.6. The van der Waals surface area contributed by atoms with Crippen LogP contribution in [0.25, 0.3) is 0 Å². The van der Waals surface area contributed by atoms with Gasteiger partial charge in [0.05, 0.1) is 11.4 Å². The number of nitrogens with zero attached hydrogens (tertiary/aromatic N) is 3. The Balaban J connectivity index is 1.34. The minimum atomic E-state index is -0.0734. The van der Waals surface area contributed by atoms with Crippen LogP contribution in [-0.4, -0.2) is 35.4 Å². The second-order valence-electron chi connectivity index (χ2n) is 9.09. The van der Waals surface area contributed by atoms with E-state index in [1.807, 2.05) is 17.9 Å². The van der Waals surface area contributed by atoms with Gasteiger partial charge >= 0.3 is 0 Å². The molecule has 1 amide bonds. The van der Waals surface area contributed by atoms with E-state index in [1.54, 1.807) is 0 Å². The van der Waals surface area contributed by atoms with Gasteiger partial charge in [-0.3, -0.25) is 14.7 Å². The van der Waals surface area contributed by atoms with Gasteiger partial charge in [-0.25, -0.2) is 0 Å². The summed E-state index contributed by atoms with van der Waals surface area (Å²) >= 11 is 0. The molecule has 4 heteroatoms. The fourth-order valence-corrected chi connectivity index (χ4v) is 4.59. The van der Waals surface area contributed by atoms with Crippen LogP contribution < -0.4 is 4.90 Å². The maximum absolute atomic E-state index is 13.1. The number of pyridine rings is 1. The van der Waals surface area contributed by atoms with Crippen LogP contribution in [0.3, 0.4) is 0 Å². The van der Waals surface area contributed by atoms with Crippen LogP contribution in [0.2, 0.25) is 0 Å². The molecule has 3 heterocycles. The molecule has 0 bridgehead atoms. The smallest absolute Gasteiger partial charge is 0.227 e. The van der Waals surface area contributed by atoms with Crippen molar-refractivity contribution in [1.29, 1.82) is 0 Å². The van der Waals surface area contributed by atoms with Gasteiger partial charge in [0, 0.05) is 30.6 Å². The number of likely N-dealkylation sites (tertiary alicyclic amines) is 1. The van der Waals surface area contributed by atoms with Gasteiger partial charge < -0.3 is 4.90 Å². The van der Waals surface area contributed by atoms with Crippen LogP contribution in [0.5, 0.6) is 0 Å². The number of hydrogen-bond donors (Lipinski definition) is 0. The third kappa shape index (κ3) is 3.97. The van der Waals surface area contributed by atoms with Gasteiger partial charge in [-0.2, -0.15) is 0 Å². The molecule has 0 radical (unpaired) electrons. The number of aryl methyl sites for hydroxylation is 1. The van der Waals surface area contributed by atoms with Crippen molar-refractivity contribution in [3.8, 4) is 0 Å². The van der Waals surface area contributed by atoms with Gasteiger partial charge in [-0.1, -0.05) is 44.2 Å². The Morgan fingerprint density at radius 2 is 1.82 bits per heavy atom. The average Bonchev–Trinajstić information content (AvgIpc) is 2.95. The molecule has 28 heavy (non-hydrogen) atoms. The number of amides is 1. The topological polar surface area (TPSA) is 36.4 Å². The molecule has 1 aromatic heterocycles. The van der Waals surface area contributed by atoms with E-state index in [9.17, 15) is 4.79 Å². The lowest BCUT2D eigenvalue weighted by Crippen LogP contribution is -2.38. The number of carbonyl (C=O) groups is 1. The summed E-state index contributed by atoms with van der Waals surface area (Å²) in [6, 6.07) is 14.8. The Kier molecular flexibility index (Phi) is 5.24. The first-order chi connectivity index (χ1) is 13.4. The van der Waals surface area contributed by atoms with E-state index in [0.717, 1.165) is 56.1 Å². The molecule has 0 saturated carbocycles. The summed E-state index contributed by atoms with van der Waals surface area (Å²) < 4.78 is 0. The SMILES string of the molecule is Cc1ccc2c(n1)C(C)(C)CN2C(=O)CC1CCN(Cc2ccccc2)CC1. The lowest BCUT2D eigenvalue weighted by molar-refractivity contribution is -0.119. The van der Waals surface area contributed by atoms with Crippen molar-refractivity contribution in [3.63, 3.8) is 0 Å². The third-order valence-corrected chi connectivity index (χ3v) is 6.22. The molecule has 0 spiro atoms. The number of anilines is 1. The molecule has 0 aliphatic carbocycles. The summed E-state index contributed by atoms with van der Waals surface area (Å²) in [4.78, 5) is 22.3. The van der Waals surface area contributed by atoms with Crippen LogP contribution in [-0.2, 0) is 16.8 Å². The zero-order chi connectivity index (χ0) is 19.7. The lowest BCUT2D eigenvalue weighted by atomic mass is 9.91. The molecule has 4 rings (SSSR count). The summed E-state index contributed by atoms with van der Waals surface area (Å²) in [5.74, 6) is 0.754. The van der Waals surface area contributed by atoms with Gasteiger partial charge in [0.15, 0.2) is 0 Å². The quantitative estimate of drug-likeness (QED) is 0.796. The van der Waals surface area contributed by atoms with E-state index in [-0.39, 0.29) is 11.3 Å². The molecular weight excluding hydrogens is 346 g/mol. The Morgan fingerprint density at radius 1 is 1.11 bits per heavy atom. The minimum absolute atomic E-state index is 0.0734. The van der Waals surface area contributed by atoms with Gasteiger partial charge in [0.2, 0.25) is 5.91 Å². The van der Waals surface area contributed by atoms with Crippen molar-refractivity contribution in [2.45, 2.75) is 52.0 Å². The fourth-order valence-electron chi connectivity index (χ4n) is 4.59. The Hall–Kier alpha value is -2.20.